The lowest BCUT2D eigenvalue weighted by molar-refractivity contribution is 0.454. The van der Waals surface area contributed by atoms with E-state index in [0.29, 0.717) is 0 Å². The van der Waals surface area contributed by atoms with Crippen LogP contribution in [0.4, 0.5) is 17.1 Å². The molecule has 0 fully saturated rings. The third-order valence-corrected chi connectivity index (χ3v) is 14.5. The molecule has 10 aromatic rings. The van der Waals surface area contributed by atoms with Crippen molar-refractivity contribution in [1.82, 2.24) is 0 Å². The van der Waals surface area contributed by atoms with Gasteiger partial charge in [-0.15, -0.1) is 0 Å². The van der Waals surface area contributed by atoms with Gasteiger partial charge in [0.15, 0.2) is 5.58 Å². The van der Waals surface area contributed by atoms with Crippen molar-refractivity contribution in [2.45, 2.75) is 17.3 Å². The molecule has 0 bridgehead atoms. The van der Waals surface area contributed by atoms with Crippen LogP contribution in [0.1, 0.15) is 50.9 Å². The minimum atomic E-state index is -0.733. The number of furan rings is 1. The molecule has 0 radical (unpaired) electrons. The molecule has 1 aromatic heterocycles. The summed E-state index contributed by atoms with van der Waals surface area (Å²) in [6, 6.07) is 83.0. The van der Waals surface area contributed by atoms with E-state index in [1.54, 1.807) is 0 Å². The van der Waals surface area contributed by atoms with Gasteiger partial charge in [0.1, 0.15) is 5.58 Å². The summed E-state index contributed by atoms with van der Waals surface area (Å²) in [6.07, 6.45) is 8.00. The zero-order valence-corrected chi connectivity index (χ0v) is 35.2. The molecule has 1 heterocycles. The van der Waals surface area contributed by atoms with Crippen LogP contribution in [0.25, 0.3) is 38.6 Å². The summed E-state index contributed by atoms with van der Waals surface area (Å²) >= 11 is 0. The first-order valence-corrected chi connectivity index (χ1v) is 22.5. The number of rotatable bonds is 7. The third-order valence-electron chi connectivity index (χ3n) is 14.5. The molecule has 64 heavy (non-hydrogen) atoms. The van der Waals surface area contributed by atoms with E-state index in [-0.39, 0.29) is 5.92 Å². The second-order valence-electron chi connectivity index (χ2n) is 17.4. The number of benzene rings is 9. The SMILES string of the molecule is C1=CCC2C(=C1)c1cccc3c1C2(c1ccccc1)c1ccccc1C3(c1ccccc1)c1ccccc1N(c1ccc(-c2ccccc2)cc1)c1cccc2c1oc1ccccc12. The van der Waals surface area contributed by atoms with Gasteiger partial charge in [-0.25, -0.2) is 0 Å². The lowest BCUT2D eigenvalue weighted by Crippen LogP contribution is -2.46. The van der Waals surface area contributed by atoms with Crippen LogP contribution in [-0.2, 0) is 10.8 Å². The van der Waals surface area contributed by atoms with Crippen LogP contribution >= 0.6 is 0 Å². The number of para-hydroxylation sites is 3. The van der Waals surface area contributed by atoms with Crippen molar-refractivity contribution in [3.63, 3.8) is 0 Å². The molecule has 0 aliphatic heterocycles. The number of nitrogens with zero attached hydrogens (tertiary/aromatic N) is 1. The van der Waals surface area contributed by atoms with E-state index in [1.807, 2.05) is 0 Å². The van der Waals surface area contributed by atoms with Gasteiger partial charge in [-0.05, 0) is 98.0 Å². The number of hydrogen-bond donors (Lipinski definition) is 0. The van der Waals surface area contributed by atoms with E-state index >= 15 is 0 Å². The average molecular weight is 818 g/mol. The fraction of sp³-hybridized carbons (Fsp3) is 0.0645. The fourth-order valence-corrected chi connectivity index (χ4v) is 12.0. The maximum absolute atomic E-state index is 6.91. The van der Waals surface area contributed by atoms with Crippen LogP contribution in [0.3, 0.4) is 0 Å². The maximum Gasteiger partial charge on any atom is 0.159 e. The second kappa shape index (κ2) is 14.3. The van der Waals surface area contributed by atoms with Gasteiger partial charge in [-0.1, -0.05) is 212 Å². The Morgan fingerprint density at radius 2 is 1.05 bits per heavy atom. The molecule has 2 heteroatoms. The van der Waals surface area contributed by atoms with Gasteiger partial charge in [0.25, 0.3) is 0 Å². The molecular weight excluding hydrogens is 775 g/mol. The topological polar surface area (TPSA) is 16.4 Å². The van der Waals surface area contributed by atoms with E-state index in [4.69, 9.17) is 4.42 Å². The lowest BCUT2D eigenvalue weighted by atomic mass is 9.50. The summed E-state index contributed by atoms with van der Waals surface area (Å²) in [4.78, 5) is 2.45. The number of hydrogen-bond acceptors (Lipinski definition) is 2. The summed E-state index contributed by atoms with van der Waals surface area (Å²) in [6.45, 7) is 0. The highest BCUT2D eigenvalue weighted by atomic mass is 16.3. The minimum absolute atomic E-state index is 0.242. The Hall–Kier alpha value is -7.94. The molecule has 13 rings (SSSR count). The highest BCUT2D eigenvalue weighted by molar-refractivity contribution is 6.10. The van der Waals surface area contributed by atoms with E-state index in [1.165, 1.54) is 61.2 Å². The van der Waals surface area contributed by atoms with Crippen LogP contribution in [0.2, 0.25) is 0 Å². The number of fused-ring (bicyclic) bond motifs is 8. The predicted molar refractivity (Wildman–Crippen MR) is 264 cm³/mol. The number of anilines is 3. The van der Waals surface area contributed by atoms with E-state index in [9.17, 15) is 0 Å². The Balaban J connectivity index is 1.16. The Kier molecular flexibility index (Phi) is 8.20. The monoisotopic (exact) mass is 817 g/mol. The van der Waals surface area contributed by atoms with Gasteiger partial charge in [-0.2, -0.15) is 0 Å². The standard InChI is InChI=1S/C62H43NO/c1-4-20-42(21-5-1)43-38-40-46(41-39-43)63(57-36-19-29-50-48-27-11-17-37-58(48)64-60(50)57)56-35-16-15-33-54(56)61(44-22-6-2-7-23-44)52-31-13-14-32-53(52)62(45-24-8-3-9-25-45)51-30-12-10-26-47(51)49-28-18-34-55(61)59(49)62/h1-29,31-41,51H,30H2. The van der Waals surface area contributed by atoms with Crippen molar-refractivity contribution in [2.75, 3.05) is 4.90 Å². The van der Waals surface area contributed by atoms with Gasteiger partial charge >= 0.3 is 0 Å². The average Bonchev–Trinajstić information content (AvgIpc) is 3.91. The van der Waals surface area contributed by atoms with Crippen molar-refractivity contribution in [3.8, 4) is 11.1 Å². The molecular formula is C62H43NO. The smallest absolute Gasteiger partial charge is 0.159 e. The quantitative estimate of drug-likeness (QED) is 0.159. The Morgan fingerprint density at radius 3 is 1.84 bits per heavy atom. The van der Waals surface area contributed by atoms with Crippen LogP contribution in [0.5, 0.6) is 0 Å². The largest absolute Gasteiger partial charge is 0.454 e. The van der Waals surface area contributed by atoms with Crippen LogP contribution in [0, 0.1) is 5.92 Å². The van der Waals surface area contributed by atoms with E-state index in [2.05, 4.69) is 248 Å². The first-order chi connectivity index (χ1) is 31.8. The first-order valence-electron chi connectivity index (χ1n) is 22.5. The summed E-state index contributed by atoms with van der Waals surface area (Å²) in [5.41, 5.74) is 18.0. The molecule has 0 spiro atoms. The number of allylic oxidation sites excluding steroid dienone is 4. The molecule has 9 aromatic carbocycles. The minimum Gasteiger partial charge on any atom is -0.454 e. The normalized spacial score (nSPS) is 19.2. The summed E-state index contributed by atoms with van der Waals surface area (Å²) in [5.74, 6) is 0.242. The fourth-order valence-electron chi connectivity index (χ4n) is 12.0. The van der Waals surface area contributed by atoms with Crippen molar-refractivity contribution in [1.29, 1.82) is 0 Å². The van der Waals surface area contributed by atoms with Gasteiger partial charge in [0.2, 0.25) is 0 Å². The second-order valence-corrected chi connectivity index (χ2v) is 17.4. The predicted octanol–water partition coefficient (Wildman–Crippen LogP) is 15.7. The van der Waals surface area contributed by atoms with Crippen molar-refractivity contribution >= 4 is 44.6 Å². The van der Waals surface area contributed by atoms with Crippen molar-refractivity contribution in [2.24, 2.45) is 5.92 Å². The van der Waals surface area contributed by atoms with Gasteiger partial charge in [-0.3, -0.25) is 0 Å². The maximum atomic E-state index is 6.91. The van der Waals surface area contributed by atoms with Crippen molar-refractivity contribution < 1.29 is 4.42 Å². The Labute approximate surface area is 373 Å². The molecule has 0 amide bonds. The highest BCUT2D eigenvalue weighted by Crippen LogP contribution is 2.68. The van der Waals surface area contributed by atoms with Gasteiger partial charge < -0.3 is 9.32 Å². The molecule has 3 unspecified atom stereocenters. The Bertz CT molecular complexity index is 3470. The summed E-state index contributed by atoms with van der Waals surface area (Å²) in [7, 11) is 0. The summed E-state index contributed by atoms with van der Waals surface area (Å²) < 4.78 is 6.91. The molecule has 302 valence electrons. The molecule has 0 saturated heterocycles. The van der Waals surface area contributed by atoms with E-state index in [0.717, 1.165) is 45.4 Å². The molecule has 3 aliphatic carbocycles. The van der Waals surface area contributed by atoms with Crippen LogP contribution < -0.4 is 4.90 Å². The molecule has 0 N–H and O–H groups in total. The molecule has 0 saturated carbocycles. The third kappa shape index (κ3) is 5.02. The lowest BCUT2D eigenvalue weighted by Gasteiger charge is -2.51. The highest BCUT2D eigenvalue weighted by Gasteiger charge is 2.61. The molecule has 2 nitrogen and oxygen atoms in total. The van der Waals surface area contributed by atoms with Crippen LogP contribution in [0.15, 0.2) is 247 Å². The molecule has 3 aliphatic rings. The summed E-state index contributed by atoms with van der Waals surface area (Å²) in [5, 5.41) is 2.20. The molecule has 3 atom stereocenters. The Morgan fingerprint density at radius 1 is 0.453 bits per heavy atom. The van der Waals surface area contributed by atoms with Crippen molar-refractivity contribution in [3.05, 3.63) is 287 Å². The zero-order valence-electron chi connectivity index (χ0n) is 35.2. The van der Waals surface area contributed by atoms with Crippen LogP contribution in [-0.4, -0.2) is 0 Å². The zero-order chi connectivity index (χ0) is 42.2. The van der Waals surface area contributed by atoms with Gasteiger partial charge in [0.05, 0.1) is 22.2 Å². The first kappa shape index (κ1) is 36.7. The van der Waals surface area contributed by atoms with Gasteiger partial charge in [0, 0.05) is 22.4 Å². The van der Waals surface area contributed by atoms with E-state index < -0.39 is 10.8 Å².